The second-order valence-corrected chi connectivity index (χ2v) is 7.41. The van der Waals surface area contributed by atoms with Crippen molar-refractivity contribution in [3.05, 3.63) is 16.1 Å². The lowest BCUT2D eigenvalue weighted by molar-refractivity contribution is 0.0258. The van der Waals surface area contributed by atoms with Gasteiger partial charge in [-0.3, -0.25) is 0 Å². The van der Waals surface area contributed by atoms with Gasteiger partial charge in [-0.1, -0.05) is 27.7 Å². The predicted octanol–water partition coefficient (Wildman–Crippen LogP) is 3.77. The minimum atomic E-state index is 0.290. The molecule has 0 fully saturated rings. The third-order valence-electron chi connectivity index (χ3n) is 3.72. The van der Waals surface area contributed by atoms with Crippen LogP contribution in [-0.4, -0.2) is 36.7 Å². The van der Waals surface area contributed by atoms with E-state index in [0.717, 1.165) is 42.8 Å². The van der Waals surface area contributed by atoms with Crippen LogP contribution in [0.15, 0.2) is 10.4 Å². The highest BCUT2D eigenvalue weighted by molar-refractivity contribution is 7.09. The van der Waals surface area contributed by atoms with Gasteiger partial charge in [0.05, 0.1) is 18.3 Å². The Labute approximate surface area is 151 Å². The van der Waals surface area contributed by atoms with E-state index in [2.05, 4.69) is 60.6 Å². The zero-order valence-electron chi connectivity index (χ0n) is 16.1. The van der Waals surface area contributed by atoms with E-state index in [-0.39, 0.29) is 6.10 Å². The van der Waals surface area contributed by atoms with Crippen LogP contribution >= 0.6 is 11.3 Å². The third-order valence-corrected chi connectivity index (χ3v) is 4.58. The fourth-order valence-corrected chi connectivity index (χ4v) is 3.19. The Morgan fingerprint density at radius 1 is 1.25 bits per heavy atom. The number of guanidine groups is 1. The normalized spacial score (nSPS) is 13.6. The molecule has 1 atom stereocenters. The largest absolute Gasteiger partial charge is 0.378 e. The van der Waals surface area contributed by atoms with Crippen LogP contribution in [0.2, 0.25) is 0 Å². The van der Waals surface area contributed by atoms with Crippen molar-refractivity contribution in [3.8, 4) is 0 Å². The molecule has 0 aliphatic rings. The first kappa shape index (κ1) is 20.9. The summed E-state index contributed by atoms with van der Waals surface area (Å²) in [6.07, 6.45) is 1.27. The predicted molar refractivity (Wildman–Crippen MR) is 104 cm³/mol. The Hall–Kier alpha value is -1.14. The van der Waals surface area contributed by atoms with Crippen molar-refractivity contribution in [1.29, 1.82) is 0 Å². The Morgan fingerprint density at radius 2 is 2.00 bits per heavy atom. The number of rotatable bonds is 10. The maximum absolute atomic E-state index is 5.79. The number of ether oxygens (including phenoxy) is 1. The Morgan fingerprint density at radius 3 is 2.54 bits per heavy atom. The van der Waals surface area contributed by atoms with Crippen LogP contribution in [0.25, 0.3) is 0 Å². The first-order valence-corrected chi connectivity index (χ1v) is 9.93. The second kappa shape index (κ2) is 11.4. The van der Waals surface area contributed by atoms with E-state index in [9.17, 15) is 0 Å². The van der Waals surface area contributed by atoms with Crippen LogP contribution in [-0.2, 0) is 11.3 Å². The number of thiazole rings is 1. The van der Waals surface area contributed by atoms with Crippen molar-refractivity contribution in [2.45, 2.75) is 66.5 Å². The van der Waals surface area contributed by atoms with Gasteiger partial charge in [-0.15, -0.1) is 11.3 Å². The molecule has 1 heterocycles. The summed E-state index contributed by atoms with van der Waals surface area (Å²) in [5.41, 5.74) is 1.15. The van der Waals surface area contributed by atoms with Crippen LogP contribution < -0.4 is 10.6 Å². The molecule has 0 aliphatic heterocycles. The SMILES string of the molecule is CCNC(=NCc1nc(C(C)C)cs1)NCCC(OCC)C(C)C. The van der Waals surface area contributed by atoms with Crippen molar-refractivity contribution in [2.24, 2.45) is 10.9 Å². The Balaban J connectivity index is 2.52. The molecule has 1 aromatic rings. The van der Waals surface area contributed by atoms with Gasteiger partial charge >= 0.3 is 0 Å². The summed E-state index contributed by atoms with van der Waals surface area (Å²) in [5.74, 6) is 1.84. The van der Waals surface area contributed by atoms with E-state index in [1.54, 1.807) is 11.3 Å². The molecule has 0 aromatic carbocycles. The van der Waals surface area contributed by atoms with E-state index in [4.69, 9.17) is 4.74 Å². The molecule has 0 saturated heterocycles. The van der Waals surface area contributed by atoms with Gasteiger partial charge in [-0.05, 0) is 32.1 Å². The fraction of sp³-hybridized carbons (Fsp3) is 0.778. The van der Waals surface area contributed by atoms with E-state index in [1.165, 1.54) is 0 Å². The first-order chi connectivity index (χ1) is 11.5. The highest BCUT2D eigenvalue weighted by atomic mass is 32.1. The molecule has 0 radical (unpaired) electrons. The Bertz CT molecular complexity index is 485. The number of aromatic nitrogens is 1. The van der Waals surface area contributed by atoms with E-state index < -0.39 is 0 Å². The molecule has 0 aliphatic carbocycles. The van der Waals surface area contributed by atoms with Gasteiger partial charge in [-0.2, -0.15) is 0 Å². The number of nitrogens with one attached hydrogen (secondary N) is 2. The summed E-state index contributed by atoms with van der Waals surface area (Å²) in [7, 11) is 0. The molecule has 0 saturated carbocycles. The topological polar surface area (TPSA) is 58.5 Å². The quantitative estimate of drug-likeness (QED) is 0.496. The molecule has 1 aromatic heterocycles. The van der Waals surface area contributed by atoms with E-state index in [1.807, 2.05) is 6.92 Å². The molecule has 2 N–H and O–H groups in total. The summed E-state index contributed by atoms with van der Waals surface area (Å²) in [5, 5.41) is 9.88. The molecule has 5 nitrogen and oxygen atoms in total. The molecule has 138 valence electrons. The summed E-state index contributed by atoms with van der Waals surface area (Å²) in [4.78, 5) is 9.28. The molecule has 24 heavy (non-hydrogen) atoms. The summed E-state index contributed by atoms with van der Waals surface area (Å²) >= 11 is 1.68. The van der Waals surface area contributed by atoms with Gasteiger partial charge in [0.1, 0.15) is 5.01 Å². The first-order valence-electron chi connectivity index (χ1n) is 9.05. The number of aliphatic imine (C=N–C) groups is 1. The standard InChI is InChI=1S/C18H34N4OS/c1-7-19-18(20-10-9-16(14(5)6)23-8-2)21-11-17-22-15(12-24-17)13(3)4/h12-14,16H,7-11H2,1-6H3,(H2,19,20,21). The summed E-state index contributed by atoms with van der Waals surface area (Å²) in [6.45, 7) is 15.9. The average molecular weight is 355 g/mol. The third kappa shape index (κ3) is 7.62. The van der Waals surface area contributed by atoms with Crippen LogP contribution in [0.3, 0.4) is 0 Å². The highest BCUT2D eigenvalue weighted by Crippen LogP contribution is 2.18. The van der Waals surface area contributed by atoms with Crippen molar-refractivity contribution in [3.63, 3.8) is 0 Å². The minimum Gasteiger partial charge on any atom is -0.378 e. The number of hydrogen-bond donors (Lipinski definition) is 2. The molecule has 1 unspecified atom stereocenters. The van der Waals surface area contributed by atoms with Gasteiger partial charge < -0.3 is 15.4 Å². The van der Waals surface area contributed by atoms with Gasteiger partial charge in [-0.25, -0.2) is 9.98 Å². The van der Waals surface area contributed by atoms with Crippen LogP contribution in [0, 0.1) is 5.92 Å². The van der Waals surface area contributed by atoms with Gasteiger partial charge in [0.2, 0.25) is 0 Å². The van der Waals surface area contributed by atoms with E-state index in [0.29, 0.717) is 18.4 Å². The van der Waals surface area contributed by atoms with Crippen molar-refractivity contribution in [1.82, 2.24) is 15.6 Å². The zero-order valence-corrected chi connectivity index (χ0v) is 16.9. The van der Waals surface area contributed by atoms with E-state index >= 15 is 0 Å². The monoisotopic (exact) mass is 354 g/mol. The highest BCUT2D eigenvalue weighted by Gasteiger charge is 2.13. The minimum absolute atomic E-state index is 0.290. The van der Waals surface area contributed by atoms with Gasteiger partial charge in [0.25, 0.3) is 0 Å². The second-order valence-electron chi connectivity index (χ2n) is 6.47. The van der Waals surface area contributed by atoms with Gasteiger partial charge in [0.15, 0.2) is 5.96 Å². The maximum atomic E-state index is 5.79. The van der Waals surface area contributed by atoms with Crippen molar-refractivity contribution in [2.75, 3.05) is 19.7 Å². The van der Waals surface area contributed by atoms with Crippen LogP contribution in [0.1, 0.15) is 64.6 Å². The lowest BCUT2D eigenvalue weighted by atomic mass is 10.0. The smallest absolute Gasteiger partial charge is 0.191 e. The average Bonchev–Trinajstić information content (AvgIpc) is 3.00. The summed E-state index contributed by atoms with van der Waals surface area (Å²) in [6, 6.07) is 0. The Kier molecular flexibility index (Phi) is 9.95. The van der Waals surface area contributed by atoms with Gasteiger partial charge in [0, 0.05) is 25.1 Å². The molecule has 0 bridgehead atoms. The molecule has 6 heteroatoms. The fourth-order valence-electron chi connectivity index (χ4n) is 2.31. The molecule has 1 rings (SSSR count). The number of hydrogen-bond acceptors (Lipinski definition) is 4. The molecular weight excluding hydrogens is 320 g/mol. The van der Waals surface area contributed by atoms with Crippen molar-refractivity contribution < 1.29 is 4.74 Å². The van der Waals surface area contributed by atoms with Crippen LogP contribution in [0.5, 0.6) is 0 Å². The molecule has 0 spiro atoms. The molecular formula is C18H34N4OS. The number of nitrogens with zero attached hydrogens (tertiary/aromatic N) is 2. The summed E-state index contributed by atoms with van der Waals surface area (Å²) < 4.78 is 5.79. The maximum Gasteiger partial charge on any atom is 0.191 e. The zero-order chi connectivity index (χ0) is 17.9. The lowest BCUT2D eigenvalue weighted by Crippen LogP contribution is -2.39. The van der Waals surface area contributed by atoms with Crippen LogP contribution in [0.4, 0.5) is 0 Å². The molecule has 0 amide bonds. The lowest BCUT2D eigenvalue weighted by Gasteiger charge is -2.21. The van der Waals surface area contributed by atoms with Crippen molar-refractivity contribution >= 4 is 17.3 Å².